The molecule has 3 rings (SSSR count). The second-order valence-corrected chi connectivity index (χ2v) is 9.14. The van der Waals surface area contributed by atoms with Crippen molar-refractivity contribution in [3.05, 3.63) is 59.2 Å². The maximum Gasteiger partial charge on any atom is 0.253 e. The Labute approximate surface area is 171 Å². The summed E-state index contributed by atoms with van der Waals surface area (Å²) in [6.45, 7) is 6.52. The van der Waals surface area contributed by atoms with Crippen molar-refractivity contribution < 1.29 is 18.0 Å². The van der Waals surface area contributed by atoms with Gasteiger partial charge in [-0.25, -0.2) is 8.42 Å². The SMILES string of the molecule is CC(=O)Nc1ccc(S(=O)(=O)N2CCN(C(=O)c3ccc(C)c(C)c3)CC2)cc1. The predicted molar refractivity (Wildman–Crippen MR) is 111 cm³/mol. The van der Waals surface area contributed by atoms with Gasteiger partial charge in [-0.15, -0.1) is 0 Å². The zero-order chi connectivity index (χ0) is 21.2. The highest BCUT2D eigenvalue weighted by molar-refractivity contribution is 7.89. The molecule has 0 unspecified atom stereocenters. The average Bonchev–Trinajstić information content (AvgIpc) is 2.69. The molecular formula is C21H25N3O4S. The maximum atomic E-state index is 12.9. The van der Waals surface area contributed by atoms with E-state index in [4.69, 9.17) is 0 Å². The first-order valence-electron chi connectivity index (χ1n) is 9.43. The summed E-state index contributed by atoms with van der Waals surface area (Å²) in [7, 11) is -3.65. The van der Waals surface area contributed by atoms with Crippen molar-refractivity contribution in [2.24, 2.45) is 0 Å². The Morgan fingerprint density at radius 1 is 0.897 bits per heavy atom. The lowest BCUT2D eigenvalue weighted by atomic mass is 10.1. The summed E-state index contributed by atoms with van der Waals surface area (Å²) in [5.74, 6) is -0.296. The molecule has 0 bridgehead atoms. The van der Waals surface area contributed by atoms with Crippen molar-refractivity contribution in [3.63, 3.8) is 0 Å². The van der Waals surface area contributed by atoms with Crippen molar-refractivity contribution in [1.29, 1.82) is 0 Å². The van der Waals surface area contributed by atoms with E-state index in [2.05, 4.69) is 5.32 Å². The molecule has 0 saturated carbocycles. The zero-order valence-electron chi connectivity index (χ0n) is 16.8. The first-order chi connectivity index (χ1) is 13.7. The molecule has 1 saturated heterocycles. The first kappa shape index (κ1) is 21.0. The number of nitrogens with one attached hydrogen (secondary N) is 1. The predicted octanol–water partition coefficient (Wildman–Crippen LogP) is 2.41. The molecule has 154 valence electrons. The summed E-state index contributed by atoms with van der Waals surface area (Å²) >= 11 is 0. The Morgan fingerprint density at radius 3 is 2.07 bits per heavy atom. The number of aryl methyl sites for hydroxylation is 2. The largest absolute Gasteiger partial charge is 0.336 e. The second kappa shape index (κ2) is 8.34. The molecule has 1 fully saturated rings. The quantitative estimate of drug-likeness (QED) is 0.831. The Balaban J connectivity index is 1.66. The van der Waals surface area contributed by atoms with E-state index in [1.54, 1.807) is 17.0 Å². The van der Waals surface area contributed by atoms with Gasteiger partial charge in [-0.2, -0.15) is 4.31 Å². The van der Waals surface area contributed by atoms with Gasteiger partial charge in [0.15, 0.2) is 0 Å². The number of anilines is 1. The highest BCUT2D eigenvalue weighted by Crippen LogP contribution is 2.21. The van der Waals surface area contributed by atoms with Crippen LogP contribution in [0.1, 0.15) is 28.4 Å². The van der Waals surface area contributed by atoms with Gasteiger partial charge in [0, 0.05) is 44.4 Å². The number of piperazine rings is 1. The number of nitrogens with zero attached hydrogens (tertiary/aromatic N) is 2. The van der Waals surface area contributed by atoms with Gasteiger partial charge in [0.2, 0.25) is 15.9 Å². The standard InChI is InChI=1S/C21H25N3O4S/c1-15-4-5-18(14-16(15)2)21(26)23-10-12-24(13-11-23)29(27,28)20-8-6-19(7-9-20)22-17(3)25/h4-9,14H,10-13H2,1-3H3,(H,22,25). The van der Waals surface area contributed by atoms with Crippen molar-refractivity contribution in [2.75, 3.05) is 31.5 Å². The Hall–Kier alpha value is -2.71. The number of hydrogen-bond acceptors (Lipinski definition) is 4. The van der Waals surface area contributed by atoms with Gasteiger partial charge in [0.1, 0.15) is 0 Å². The number of rotatable bonds is 4. The van der Waals surface area contributed by atoms with Crippen LogP contribution in [0.4, 0.5) is 5.69 Å². The molecular weight excluding hydrogens is 390 g/mol. The third-order valence-electron chi connectivity index (χ3n) is 5.09. The molecule has 0 aliphatic carbocycles. The molecule has 0 spiro atoms. The highest BCUT2D eigenvalue weighted by Gasteiger charge is 2.30. The van der Waals surface area contributed by atoms with E-state index in [0.717, 1.165) is 11.1 Å². The fourth-order valence-corrected chi connectivity index (χ4v) is 4.67. The van der Waals surface area contributed by atoms with Crippen LogP contribution in [0.15, 0.2) is 47.4 Å². The lowest BCUT2D eigenvalue weighted by Gasteiger charge is -2.34. The number of carbonyl (C=O) groups excluding carboxylic acids is 2. The van der Waals surface area contributed by atoms with Crippen LogP contribution in [0.25, 0.3) is 0 Å². The van der Waals surface area contributed by atoms with Gasteiger partial charge < -0.3 is 10.2 Å². The number of carbonyl (C=O) groups is 2. The first-order valence-corrected chi connectivity index (χ1v) is 10.9. The molecule has 2 aromatic carbocycles. The number of hydrogen-bond donors (Lipinski definition) is 1. The van der Waals surface area contributed by atoms with E-state index >= 15 is 0 Å². The number of sulfonamides is 1. The Kier molecular flexibility index (Phi) is 6.04. The van der Waals surface area contributed by atoms with Crippen molar-refractivity contribution in [1.82, 2.24) is 9.21 Å². The molecule has 7 nitrogen and oxygen atoms in total. The fourth-order valence-electron chi connectivity index (χ4n) is 3.25. The molecule has 1 heterocycles. The van der Waals surface area contributed by atoms with E-state index in [1.807, 2.05) is 32.0 Å². The molecule has 1 aliphatic heterocycles. The normalized spacial score (nSPS) is 15.2. The van der Waals surface area contributed by atoms with Crippen LogP contribution in [-0.4, -0.2) is 55.6 Å². The lowest BCUT2D eigenvalue weighted by Crippen LogP contribution is -2.50. The third-order valence-corrected chi connectivity index (χ3v) is 7.01. The summed E-state index contributed by atoms with van der Waals surface area (Å²) in [5, 5.41) is 2.61. The molecule has 8 heteroatoms. The molecule has 29 heavy (non-hydrogen) atoms. The topological polar surface area (TPSA) is 86.8 Å². The van der Waals surface area contributed by atoms with Gasteiger partial charge in [-0.05, 0) is 61.4 Å². The Morgan fingerprint density at radius 2 is 1.52 bits per heavy atom. The third kappa shape index (κ3) is 4.65. The minimum Gasteiger partial charge on any atom is -0.336 e. The summed E-state index contributed by atoms with van der Waals surface area (Å²) in [6.07, 6.45) is 0. The lowest BCUT2D eigenvalue weighted by molar-refractivity contribution is -0.114. The molecule has 1 aliphatic rings. The molecule has 1 N–H and O–H groups in total. The number of amides is 2. The molecule has 2 amide bonds. The van der Waals surface area contributed by atoms with Gasteiger partial charge in [-0.3, -0.25) is 9.59 Å². The number of benzene rings is 2. The van der Waals surface area contributed by atoms with E-state index < -0.39 is 10.0 Å². The van der Waals surface area contributed by atoms with Crippen molar-refractivity contribution in [3.8, 4) is 0 Å². The van der Waals surface area contributed by atoms with Crippen LogP contribution in [0, 0.1) is 13.8 Å². The van der Waals surface area contributed by atoms with Crippen molar-refractivity contribution in [2.45, 2.75) is 25.7 Å². The van der Waals surface area contributed by atoms with Crippen LogP contribution >= 0.6 is 0 Å². The minimum absolute atomic E-state index is 0.0789. The van der Waals surface area contributed by atoms with Crippen LogP contribution in [0.3, 0.4) is 0 Å². The van der Waals surface area contributed by atoms with E-state index in [1.165, 1.54) is 23.4 Å². The van der Waals surface area contributed by atoms with E-state index in [0.29, 0.717) is 24.3 Å². The van der Waals surface area contributed by atoms with Crippen LogP contribution in [0.5, 0.6) is 0 Å². The zero-order valence-corrected chi connectivity index (χ0v) is 17.6. The molecule has 2 aromatic rings. The summed E-state index contributed by atoms with van der Waals surface area (Å²) in [5.41, 5.74) is 3.35. The van der Waals surface area contributed by atoms with Gasteiger partial charge in [0.25, 0.3) is 5.91 Å². The minimum atomic E-state index is -3.65. The summed E-state index contributed by atoms with van der Waals surface area (Å²) < 4.78 is 27.2. The smallest absolute Gasteiger partial charge is 0.253 e. The van der Waals surface area contributed by atoms with Gasteiger partial charge >= 0.3 is 0 Å². The molecule has 0 atom stereocenters. The average molecular weight is 416 g/mol. The van der Waals surface area contributed by atoms with Gasteiger partial charge in [-0.1, -0.05) is 6.07 Å². The molecule has 0 aromatic heterocycles. The van der Waals surface area contributed by atoms with E-state index in [9.17, 15) is 18.0 Å². The second-order valence-electron chi connectivity index (χ2n) is 7.20. The highest BCUT2D eigenvalue weighted by atomic mass is 32.2. The maximum absolute atomic E-state index is 12.9. The van der Waals surface area contributed by atoms with Gasteiger partial charge in [0.05, 0.1) is 4.90 Å². The van der Waals surface area contributed by atoms with Crippen LogP contribution < -0.4 is 5.32 Å². The fraction of sp³-hybridized carbons (Fsp3) is 0.333. The van der Waals surface area contributed by atoms with Crippen molar-refractivity contribution >= 4 is 27.5 Å². The van der Waals surface area contributed by atoms with Crippen LogP contribution in [0.2, 0.25) is 0 Å². The monoisotopic (exact) mass is 415 g/mol. The Bertz CT molecular complexity index is 1020. The van der Waals surface area contributed by atoms with Crippen LogP contribution in [-0.2, 0) is 14.8 Å². The molecule has 0 radical (unpaired) electrons. The summed E-state index contributed by atoms with van der Waals surface area (Å²) in [6, 6.07) is 11.7. The van der Waals surface area contributed by atoms with E-state index in [-0.39, 0.29) is 29.8 Å². The summed E-state index contributed by atoms with van der Waals surface area (Å²) in [4.78, 5) is 25.7.